The normalized spacial score (nSPS) is 16.3. The lowest BCUT2D eigenvalue weighted by molar-refractivity contribution is -0.126. The molecule has 232 valence electrons. The molecule has 0 saturated carbocycles. The molecular formula is C34H49N7O2. The third-order valence-electron chi connectivity index (χ3n) is 8.35. The van der Waals surface area contributed by atoms with Crippen LogP contribution < -0.4 is 21.3 Å². The number of nitrogens with zero attached hydrogens (tertiary/aromatic N) is 4. The maximum atomic E-state index is 12.4. The maximum Gasteiger partial charge on any atom is 0.237 e. The molecule has 0 aliphatic carbocycles. The molecule has 4 N–H and O–H groups in total. The van der Waals surface area contributed by atoms with Crippen molar-refractivity contribution in [1.29, 1.82) is 0 Å². The number of fused-ring (bicyclic) bond motifs is 1. The highest BCUT2D eigenvalue weighted by atomic mass is 16.2. The number of benzene rings is 2. The van der Waals surface area contributed by atoms with E-state index in [1.54, 1.807) is 0 Å². The SMILES string of the molecule is CC(C)C(N)C(=O)NC(C=O)[C@H](C)CN1CCN(c2ccc(-c3cc(NCCCN(C)C)c4ccccc4n3)cc2)CC1. The van der Waals surface area contributed by atoms with Crippen LogP contribution in [0.15, 0.2) is 54.6 Å². The maximum absolute atomic E-state index is 12.4. The van der Waals surface area contributed by atoms with Gasteiger partial charge in [-0.15, -0.1) is 0 Å². The van der Waals surface area contributed by atoms with E-state index in [-0.39, 0.29) is 17.7 Å². The fraction of sp³-hybridized carbons (Fsp3) is 0.500. The third-order valence-corrected chi connectivity index (χ3v) is 8.35. The second kappa shape index (κ2) is 15.3. The average molecular weight is 588 g/mol. The minimum Gasteiger partial charge on any atom is -0.384 e. The summed E-state index contributed by atoms with van der Waals surface area (Å²) >= 11 is 0. The molecule has 2 unspecified atom stereocenters. The number of carbonyl (C=O) groups excluding carboxylic acids is 2. The number of nitrogens with two attached hydrogens (primary N) is 1. The highest BCUT2D eigenvalue weighted by Crippen LogP contribution is 2.30. The zero-order chi connectivity index (χ0) is 30.9. The molecule has 3 aromatic rings. The Balaban J connectivity index is 1.35. The van der Waals surface area contributed by atoms with Crippen molar-refractivity contribution in [2.75, 3.05) is 70.1 Å². The quantitative estimate of drug-likeness (QED) is 0.194. The molecule has 1 amide bonds. The van der Waals surface area contributed by atoms with Gasteiger partial charge >= 0.3 is 0 Å². The molecule has 1 aliphatic heterocycles. The smallest absolute Gasteiger partial charge is 0.237 e. The van der Waals surface area contributed by atoms with Crippen molar-refractivity contribution < 1.29 is 9.59 Å². The van der Waals surface area contributed by atoms with E-state index in [4.69, 9.17) is 10.7 Å². The van der Waals surface area contributed by atoms with Crippen LogP contribution in [0.3, 0.4) is 0 Å². The van der Waals surface area contributed by atoms with Crippen LogP contribution in [0.25, 0.3) is 22.2 Å². The Labute approximate surface area is 256 Å². The number of rotatable bonds is 14. The third kappa shape index (κ3) is 8.75. The van der Waals surface area contributed by atoms with Gasteiger partial charge in [-0.25, -0.2) is 4.98 Å². The lowest BCUT2D eigenvalue weighted by Crippen LogP contribution is -2.53. The number of nitrogens with one attached hydrogen (secondary N) is 2. The highest BCUT2D eigenvalue weighted by Gasteiger charge is 2.26. The Morgan fingerprint density at radius 3 is 2.40 bits per heavy atom. The largest absolute Gasteiger partial charge is 0.384 e. The Morgan fingerprint density at radius 2 is 1.74 bits per heavy atom. The van der Waals surface area contributed by atoms with Crippen LogP contribution in [-0.4, -0.2) is 99.0 Å². The zero-order valence-electron chi connectivity index (χ0n) is 26.4. The van der Waals surface area contributed by atoms with Gasteiger partial charge in [-0.3, -0.25) is 9.69 Å². The standard InChI is InChI=1S/C34H49N7O2/c1-24(2)33(35)34(43)38-32(23-42)25(3)22-40-17-19-41(20-18-40)27-13-11-26(12-14-27)30-21-31(36-15-8-16-39(4)5)28-9-6-7-10-29(28)37-30/h6-7,9-14,21,23-25,32-33H,8,15-20,22,35H2,1-5H3,(H,36,37)(H,38,43)/t25-,32?,33?/m1/s1. The van der Waals surface area contributed by atoms with Crippen molar-refractivity contribution in [3.63, 3.8) is 0 Å². The van der Waals surface area contributed by atoms with E-state index in [9.17, 15) is 9.59 Å². The second-order valence-electron chi connectivity index (χ2n) is 12.4. The number of hydrogen-bond acceptors (Lipinski definition) is 8. The van der Waals surface area contributed by atoms with E-state index < -0.39 is 12.1 Å². The van der Waals surface area contributed by atoms with Crippen molar-refractivity contribution >= 4 is 34.5 Å². The van der Waals surface area contributed by atoms with Crippen LogP contribution in [0.5, 0.6) is 0 Å². The van der Waals surface area contributed by atoms with E-state index in [1.165, 1.54) is 5.69 Å². The van der Waals surface area contributed by atoms with Crippen LogP contribution in [-0.2, 0) is 9.59 Å². The minimum atomic E-state index is -0.613. The molecule has 9 nitrogen and oxygen atoms in total. The molecule has 1 saturated heterocycles. The van der Waals surface area contributed by atoms with Crippen molar-refractivity contribution in [2.24, 2.45) is 17.6 Å². The number of pyridine rings is 1. The number of aromatic nitrogens is 1. The molecule has 0 spiro atoms. The lowest BCUT2D eigenvalue weighted by Gasteiger charge is -2.38. The van der Waals surface area contributed by atoms with Crippen molar-refractivity contribution in [2.45, 2.75) is 39.3 Å². The Morgan fingerprint density at radius 1 is 1.05 bits per heavy atom. The van der Waals surface area contributed by atoms with Gasteiger partial charge in [0.25, 0.3) is 0 Å². The number of hydrogen-bond donors (Lipinski definition) is 3. The molecule has 1 fully saturated rings. The average Bonchev–Trinajstić information content (AvgIpc) is 3.01. The predicted octanol–water partition coefficient (Wildman–Crippen LogP) is 3.69. The summed E-state index contributed by atoms with van der Waals surface area (Å²) in [6.07, 6.45) is 1.91. The number of anilines is 2. The fourth-order valence-electron chi connectivity index (χ4n) is 5.51. The molecule has 4 rings (SSSR count). The van der Waals surface area contributed by atoms with E-state index in [1.807, 2.05) is 26.8 Å². The summed E-state index contributed by atoms with van der Waals surface area (Å²) in [5, 5.41) is 7.62. The summed E-state index contributed by atoms with van der Waals surface area (Å²) in [4.78, 5) is 36.1. The summed E-state index contributed by atoms with van der Waals surface area (Å²) in [7, 11) is 4.20. The first-order chi connectivity index (χ1) is 20.7. The van der Waals surface area contributed by atoms with Gasteiger partial charge in [-0.1, -0.05) is 51.1 Å². The fourth-order valence-corrected chi connectivity index (χ4v) is 5.51. The molecule has 3 atom stereocenters. The number of piperazine rings is 1. The van der Waals surface area contributed by atoms with Gasteiger partial charge in [0.15, 0.2) is 0 Å². The molecule has 2 heterocycles. The van der Waals surface area contributed by atoms with Gasteiger partial charge in [-0.05, 0) is 63.2 Å². The molecule has 43 heavy (non-hydrogen) atoms. The molecular weight excluding hydrogens is 538 g/mol. The van der Waals surface area contributed by atoms with Crippen molar-refractivity contribution in [3.05, 3.63) is 54.6 Å². The van der Waals surface area contributed by atoms with Gasteiger partial charge in [0.1, 0.15) is 6.29 Å². The highest BCUT2D eigenvalue weighted by molar-refractivity contribution is 5.93. The van der Waals surface area contributed by atoms with Crippen LogP contribution in [0.2, 0.25) is 0 Å². The summed E-state index contributed by atoms with van der Waals surface area (Å²) in [6.45, 7) is 12.1. The topological polar surface area (TPSA) is 107 Å². The summed E-state index contributed by atoms with van der Waals surface area (Å²) in [5.74, 6) is -0.252. The summed E-state index contributed by atoms with van der Waals surface area (Å²) in [6, 6.07) is 18.0. The van der Waals surface area contributed by atoms with E-state index >= 15 is 0 Å². The minimum absolute atomic E-state index is 0.00605. The first-order valence-corrected chi connectivity index (χ1v) is 15.5. The summed E-state index contributed by atoms with van der Waals surface area (Å²) < 4.78 is 0. The van der Waals surface area contributed by atoms with Crippen LogP contribution in [0.4, 0.5) is 11.4 Å². The Bertz CT molecular complexity index is 1340. The van der Waals surface area contributed by atoms with Gasteiger partial charge in [0.05, 0.1) is 23.3 Å². The van der Waals surface area contributed by atoms with Gasteiger partial charge in [0.2, 0.25) is 5.91 Å². The van der Waals surface area contributed by atoms with Gasteiger partial charge in [0, 0.05) is 61.6 Å². The van der Waals surface area contributed by atoms with E-state index in [0.717, 1.165) is 86.4 Å². The number of para-hydroxylation sites is 1. The first kappa shape index (κ1) is 32.4. The monoisotopic (exact) mass is 587 g/mol. The van der Waals surface area contributed by atoms with Crippen molar-refractivity contribution in [3.8, 4) is 11.3 Å². The van der Waals surface area contributed by atoms with Gasteiger partial charge < -0.3 is 31.0 Å². The van der Waals surface area contributed by atoms with Crippen LogP contribution in [0, 0.1) is 11.8 Å². The lowest BCUT2D eigenvalue weighted by atomic mass is 9.99. The molecule has 2 aromatic carbocycles. The van der Waals surface area contributed by atoms with Crippen molar-refractivity contribution in [1.82, 2.24) is 20.1 Å². The molecule has 1 aliphatic rings. The second-order valence-corrected chi connectivity index (χ2v) is 12.4. The molecule has 0 radical (unpaired) electrons. The van der Waals surface area contributed by atoms with Crippen LogP contribution >= 0.6 is 0 Å². The van der Waals surface area contributed by atoms with Crippen LogP contribution in [0.1, 0.15) is 27.2 Å². The molecule has 9 heteroatoms. The van der Waals surface area contributed by atoms with E-state index in [2.05, 4.69) is 88.0 Å². The first-order valence-electron chi connectivity index (χ1n) is 15.5. The number of aldehydes is 1. The molecule has 0 bridgehead atoms. The van der Waals surface area contributed by atoms with E-state index in [0.29, 0.717) is 0 Å². The summed E-state index contributed by atoms with van der Waals surface area (Å²) in [5.41, 5.74) is 11.3. The predicted molar refractivity (Wildman–Crippen MR) is 177 cm³/mol. The number of amides is 1. The number of carbonyl (C=O) groups is 2. The Kier molecular flexibility index (Phi) is 11.5. The Hall–Kier alpha value is -3.53. The zero-order valence-corrected chi connectivity index (χ0v) is 26.4. The van der Waals surface area contributed by atoms with Gasteiger partial charge in [-0.2, -0.15) is 0 Å². The molecule has 1 aromatic heterocycles.